The Morgan fingerprint density at radius 3 is 2.50 bits per heavy atom. The predicted molar refractivity (Wildman–Crippen MR) is 121 cm³/mol. The summed E-state index contributed by atoms with van der Waals surface area (Å²) >= 11 is 1.40. The van der Waals surface area contributed by atoms with Crippen molar-refractivity contribution in [2.75, 3.05) is 32.1 Å². The molecule has 1 aliphatic carbocycles. The Labute approximate surface area is 193 Å². The van der Waals surface area contributed by atoms with Crippen molar-refractivity contribution in [3.63, 3.8) is 0 Å². The Balaban J connectivity index is 1.29. The molecule has 0 radical (unpaired) electrons. The van der Waals surface area contributed by atoms with Gasteiger partial charge in [0.2, 0.25) is 15.9 Å². The van der Waals surface area contributed by atoms with Crippen LogP contribution in [-0.2, 0) is 26.1 Å². The van der Waals surface area contributed by atoms with E-state index < -0.39 is 10.0 Å². The Bertz CT molecular complexity index is 1040. The number of nitrogens with zero attached hydrogens (tertiary/aromatic N) is 4. The van der Waals surface area contributed by atoms with Crippen molar-refractivity contribution in [1.82, 2.24) is 24.4 Å². The van der Waals surface area contributed by atoms with Crippen molar-refractivity contribution in [1.29, 1.82) is 0 Å². The van der Waals surface area contributed by atoms with E-state index in [0.29, 0.717) is 44.8 Å². The summed E-state index contributed by atoms with van der Waals surface area (Å²) in [6.07, 6.45) is 2.27. The normalized spacial score (nSPS) is 17.6. The summed E-state index contributed by atoms with van der Waals surface area (Å²) in [5.74, 6) is 1.42. The van der Waals surface area contributed by atoms with Crippen molar-refractivity contribution < 1.29 is 17.9 Å². The Kier molecular flexibility index (Phi) is 7.18. The summed E-state index contributed by atoms with van der Waals surface area (Å²) in [7, 11) is -3.51. The van der Waals surface area contributed by atoms with Gasteiger partial charge in [-0.25, -0.2) is 8.42 Å². The van der Waals surface area contributed by atoms with Crippen LogP contribution in [0.2, 0.25) is 0 Å². The Morgan fingerprint density at radius 1 is 1.19 bits per heavy atom. The fourth-order valence-corrected chi connectivity index (χ4v) is 5.80. The van der Waals surface area contributed by atoms with Crippen molar-refractivity contribution in [2.45, 2.75) is 55.2 Å². The molecule has 2 aliphatic rings. The van der Waals surface area contributed by atoms with Gasteiger partial charge in [-0.2, -0.15) is 4.31 Å². The first-order valence-corrected chi connectivity index (χ1v) is 13.3. The number of aromatic nitrogens is 3. The first-order chi connectivity index (χ1) is 15.4. The van der Waals surface area contributed by atoms with Gasteiger partial charge in [0.15, 0.2) is 5.16 Å². The van der Waals surface area contributed by atoms with E-state index in [1.54, 1.807) is 24.3 Å². The highest BCUT2D eigenvalue weighted by molar-refractivity contribution is 7.99. The molecule has 1 saturated heterocycles. The van der Waals surface area contributed by atoms with Crippen LogP contribution in [0, 0.1) is 0 Å². The van der Waals surface area contributed by atoms with Gasteiger partial charge >= 0.3 is 0 Å². The molecule has 1 N–H and O–H groups in total. The van der Waals surface area contributed by atoms with Crippen LogP contribution in [0.25, 0.3) is 0 Å². The van der Waals surface area contributed by atoms with E-state index in [0.717, 1.165) is 29.4 Å². The number of benzene rings is 1. The minimum absolute atomic E-state index is 0.101. The third kappa shape index (κ3) is 5.33. The highest BCUT2D eigenvalue weighted by Gasteiger charge is 2.30. The van der Waals surface area contributed by atoms with Crippen molar-refractivity contribution in [3.8, 4) is 0 Å². The van der Waals surface area contributed by atoms with Crippen molar-refractivity contribution in [3.05, 3.63) is 35.7 Å². The monoisotopic (exact) mass is 479 g/mol. The number of morpholine rings is 1. The van der Waals surface area contributed by atoms with Gasteiger partial charge in [0.1, 0.15) is 5.82 Å². The molecule has 4 rings (SSSR count). The lowest BCUT2D eigenvalue weighted by atomic mass is 10.2. The number of ether oxygens (including phenoxy) is 1. The second-order valence-corrected chi connectivity index (χ2v) is 11.2. The van der Waals surface area contributed by atoms with Gasteiger partial charge in [-0.05, 0) is 30.5 Å². The lowest BCUT2D eigenvalue weighted by molar-refractivity contribution is -0.118. The molecule has 2 fully saturated rings. The molecule has 0 unspecified atom stereocenters. The molecule has 1 amide bonds. The summed E-state index contributed by atoms with van der Waals surface area (Å²) < 4.78 is 34.2. The first kappa shape index (κ1) is 23.2. The van der Waals surface area contributed by atoms with Crippen LogP contribution >= 0.6 is 11.8 Å². The summed E-state index contributed by atoms with van der Waals surface area (Å²) in [4.78, 5) is 12.6. The lowest BCUT2D eigenvalue weighted by Crippen LogP contribution is -2.40. The molecule has 1 aliphatic heterocycles. The highest BCUT2D eigenvalue weighted by atomic mass is 32.2. The zero-order valence-corrected chi connectivity index (χ0v) is 20.0. The van der Waals surface area contributed by atoms with Gasteiger partial charge in [-0.1, -0.05) is 37.7 Å². The summed E-state index contributed by atoms with van der Waals surface area (Å²) in [6.45, 7) is 6.09. The van der Waals surface area contributed by atoms with Crippen LogP contribution in [-0.4, -0.2) is 65.5 Å². The van der Waals surface area contributed by atoms with Crippen LogP contribution in [0.4, 0.5) is 0 Å². The van der Waals surface area contributed by atoms with Gasteiger partial charge in [-0.3, -0.25) is 4.79 Å². The van der Waals surface area contributed by atoms with E-state index >= 15 is 0 Å². The minimum atomic E-state index is -3.51. The molecule has 11 heteroatoms. The topological polar surface area (TPSA) is 106 Å². The predicted octanol–water partition coefficient (Wildman–Crippen LogP) is 2.17. The third-order valence-electron chi connectivity index (χ3n) is 5.47. The number of hydrogen-bond donors (Lipinski definition) is 1. The Hall–Kier alpha value is -1.95. The zero-order valence-electron chi connectivity index (χ0n) is 18.4. The molecule has 2 aromatic rings. The third-order valence-corrected chi connectivity index (χ3v) is 8.33. The number of thioether (sulfide) groups is 1. The summed E-state index contributed by atoms with van der Waals surface area (Å²) in [5.41, 5.74) is 0.840. The minimum Gasteiger partial charge on any atom is -0.379 e. The fourth-order valence-electron chi connectivity index (χ4n) is 3.55. The van der Waals surface area contributed by atoms with Crippen molar-refractivity contribution >= 4 is 27.7 Å². The van der Waals surface area contributed by atoms with Gasteiger partial charge < -0.3 is 14.6 Å². The SMILES string of the molecule is CC(C)c1nnc(SCC(=O)NCc2ccc(S(=O)(=O)N3CCOCC3)cc2)n1C1CC1. The number of carbonyl (C=O) groups excluding carboxylic acids is 1. The molecule has 2 heterocycles. The largest absolute Gasteiger partial charge is 0.379 e. The molecule has 0 spiro atoms. The van der Waals surface area contributed by atoms with E-state index in [4.69, 9.17) is 4.74 Å². The van der Waals surface area contributed by atoms with Crippen molar-refractivity contribution in [2.24, 2.45) is 0 Å². The number of rotatable bonds is 9. The maximum atomic E-state index is 12.7. The number of sulfonamides is 1. The van der Waals surface area contributed by atoms with E-state index in [-0.39, 0.29) is 16.6 Å². The van der Waals surface area contributed by atoms with Gasteiger partial charge in [-0.15, -0.1) is 10.2 Å². The van der Waals surface area contributed by atoms with E-state index in [2.05, 4.69) is 33.9 Å². The molecular weight excluding hydrogens is 450 g/mol. The van der Waals surface area contributed by atoms with Gasteiger partial charge in [0, 0.05) is 31.6 Å². The maximum Gasteiger partial charge on any atom is 0.243 e. The molecule has 1 saturated carbocycles. The zero-order chi connectivity index (χ0) is 22.7. The van der Waals surface area contributed by atoms with Crippen LogP contribution < -0.4 is 5.32 Å². The Morgan fingerprint density at radius 2 is 1.88 bits per heavy atom. The van der Waals surface area contributed by atoms with E-state index in [1.807, 2.05) is 0 Å². The first-order valence-electron chi connectivity index (χ1n) is 10.9. The quantitative estimate of drug-likeness (QED) is 0.549. The average Bonchev–Trinajstić information content (AvgIpc) is 3.55. The second kappa shape index (κ2) is 9.90. The molecule has 0 atom stereocenters. The smallest absolute Gasteiger partial charge is 0.243 e. The fraction of sp³-hybridized carbons (Fsp3) is 0.571. The number of carbonyl (C=O) groups is 1. The molecule has 32 heavy (non-hydrogen) atoms. The standard InChI is InChI=1S/C21H29N5O4S2/c1-15(2)20-23-24-21(26(20)17-5-6-17)31-14-19(27)22-13-16-3-7-18(8-4-16)32(28,29)25-9-11-30-12-10-25/h3-4,7-8,15,17H,5-6,9-14H2,1-2H3,(H,22,27). The summed E-state index contributed by atoms with van der Waals surface area (Å²) in [6, 6.07) is 7.11. The molecule has 9 nitrogen and oxygen atoms in total. The number of amides is 1. The number of hydrogen-bond acceptors (Lipinski definition) is 7. The van der Waals surface area contributed by atoms with Crippen LogP contribution in [0.5, 0.6) is 0 Å². The highest BCUT2D eigenvalue weighted by Crippen LogP contribution is 2.40. The maximum absolute atomic E-state index is 12.7. The molecule has 0 bridgehead atoms. The second-order valence-electron chi connectivity index (χ2n) is 8.32. The lowest BCUT2D eigenvalue weighted by Gasteiger charge is -2.26. The molecular formula is C21H29N5O4S2. The van der Waals surface area contributed by atoms with E-state index in [1.165, 1.54) is 16.1 Å². The van der Waals surface area contributed by atoms with Crippen LogP contribution in [0.1, 0.15) is 50.0 Å². The summed E-state index contributed by atoms with van der Waals surface area (Å²) in [5, 5.41) is 12.3. The van der Waals surface area contributed by atoms with Gasteiger partial charge in [0.05, 0.1) is 23.9 Å². The van der Waals surface area contributed by atoms with Crippen LogP contribution in [0.3, 0.4) is 0 Å². The van der Waals surface area contributed by atoms with E-state index in [9.17, 15) is 13.2 Å². The molecule has 1 aromatic carbocycles. The molecule has 174 valence electrons. The number of nitrogens with one attached hydrogen (secondary N) is 1. The average molecular weight is 480 g/mol. The molecule has 1 aromatic heterocycles. The van der Waals surface area contributed by atoms with Gasteiger partial charge in [0.25, 0.3) is 0 Å². The van der Waals surface area contributed by atoms with Crippen LogP contribution in [0.15, 0.2) is 34.3 Å².